The Morgan fingerprint density at radius 2 is 0.884 bits per heavy atom. The highest BCUT2D eigenvalue weighted by molar-refractivity contribution is 6.24. The molecule has 0 amide bonds. The number of benzene rings is 8. The molecule has 1 heterocycles. The van der Waals surface area contributed by atoms with Gasteiger partial charge in [-0.15, -0.1) is 0 Å². The van der Waals surface area contributed by atoms with Gasteiger partial charge in [0, 0.05) is 10.8 Å². The van der Waals surface area contributed by atoms with Gasteiger partial charge in [0.2, 0.25) is 0 Å². The summed E-state index contributed by atoms with van der Waals surface area (Å²) in [7, 11) is 0. The standard InChI is InChI=1S/C42H26O/c1-2-11-27(12-3-1)29-22-21-28-13-10-19-36(37(28)25-29)42-34-17-6-4-15-32(34)41(33-16-5-7-18-35(33)42)30-23-24-40-38(26-30)31-14-8-9-20-39(31)43-40/h1-26H. The topological polar surface area (TPSA) is 13.1 Å². The Kier molecular flexibility index (Phi) is 5.27. The molecule has 0 atom stereocenters. The van der Waals surface area contributed by atoms with Crippen molar-refractivity contribution < 1.29 is 4.42 Å². The van der Waals surface area contributed by atoms with Gasteiger partial charge in [-0.1, -0.05) is 133 Å². The number of rotatable bonds is 3. The molecule has 0 bridgehead atoms. The molecule has 0 aliphatic carbocycles. The number of hydrogen-bond donors (Lipinski definition) is 0. The van der Waals surface area contributed by atoms with Crippen molar-refractivity contribution in [3.8, 4) is 33.4 Å². The van der Waals surface area contributed by atoms with Crippen LogP contribution in [0, 0.1) is 0 Å². The van der Waals surface area contributed by atoms with Crippen LogP contribution in [0.2, 0.25) is 0 Å². The first-order valence-electron chi connectivity index (χ1n) is 14.8. The summed E-state index contributed by atoms with van der Waals surface area (Å²) in [5, 5.41) is 9.81. The van der Waals surface area contributed by atoms with Crippen molar-refractivity contribution in [2.45, 2.75) is 0 Å². The van der Waals surface area contributed by atoms with E-state index in [4.69, 9.17) is 4.42 Å². The fourth-order valence-corrected chi connectivity index (χ4v) is 6.91. The Balaban J connectivity index is 1.37. The van der Waals surface area contributed by atoms with Crippen molar-refractivity contribution in [1.29, 1.82) is 0 Å². The Morgan fingerprint density at radius 1 is 0.302 bits per heavy atom. The highest BCUT2D eigenvalue weighted by Crippen LogP contribution is 2.46. The van der Waals surface area contributed by atoms with Crippen LogP contribution in [0.1, 0.15) is 0 Å². The molecule has 1 aromatic heterocycles. The largest absolute Gasteiger partial charge is 0.456 e. The van der Waals surface area contributed by atoms with Gasteiger partial charge in [-0.05, 0) is 90.0 Å². The van der Waals surface area contributed by atoms with Crippen LogP contribution in [0.25, 0.3) is 87.6 Å². The lowest BCUT2D eigenvalue weighted by Gasteiger charge is -2.19. The Labute approximate surface area is 249 Å². The first-order chi connectivity index (χ1) is 21.3. The molecule has 0 N–H and O–H groups in total. The molecule has 0 unspecified atom stereocenters. The van der Waals surface area contributed by atoms with E-state index in [1.807, 2.05) is 12.1 Å². The van der Waals surface area contributed by atoms with Gasteiger partial charge in [-0.2, -0.15) is 0 Å². The van der Waals surface area contributed by atoms with Gasteiger partial charge < -0.3 is 4.42 Å². The molecule has 1 heteroatoms. The van der Waals surface area contributed by atoms with Crippen molar-refractivity contribution >= 4 is 54.3 Å². The summed E-state index contributed by atoms with van der Waals surface area (Å²) in [6.45, 7) is 0. The number of furan rings is 1. The SMILES string of the molecule is c1ccc(-c2ccc3cccc(-c4c5ccccc5c(-c5ccc6oc7ccccc7c6c5)c5ccccc45)c3c2)cc1. The molecule has 8 aromatic carbocycles. The van der Waals surface area contributed by atoms with Crippen molar-refractivity contribution in [2.75, 3.05) is 0 Å². The first kappa shape index (κ1) is 24.0. The summed E-state index contributed by atoms with van der Waals surface area (Å²) in [4.78, 5) is 0. The molecule has 0 saturated heterocycles. The lowest BCUT2D eigenvalue weighted by molar-refractivity contribution is 0.669. The smallest absolute Gasteiger partial charge is 0.135 e. The molecule has 0 spiro atoms. The molecule has 0 aliphatic rings. The summed E-state index contributed by atoms with van der Waals surface area (Å²) in [5.41, 5.74) is 9.28. The van der Waals surface area contributed by atoms with Crippen molar-refractivity contribution in [1.82, 2.24) is 0 Å². The van der Waals surface area contributed by atoms with Gasteiger partial charge in [0.15, 0.2) is 0 Å². The minimum Gasteiger partial charge on any atom is -0.456 e. The first-order valence-corrected chi connectivity index (χ1v) is 14.8. The molecule has 9 aromatic rings. The summed E-state index contributed by atoms with van der Waals surface area (Å²) in [6.07, 6.45) is 0. The van der Waals surface area contributed by atoms with E-state index in [9.17, 15) is 0 Å². The third-order valence-electron chi connectivity index (χ3n) is 8.86. The highest BCUT2D eigenvalue weighted by Gasteiger charge is 2.19. The van der Waals surface area contributed by atoms with E-state index in [0.29, 0.717) is 0 Å². The second-order valence-electron chi connectivity index (χ2n) is 11.3. The van der Waals surface area contributed by atoms with E-state index < -0.39 is 0 Å². The summed E-state index contributed by atoms with van der Waals surface area (Å²) in [5.74, 6) is 0. The van der Waals surface area contributed by atoms with Gasteiger partial charge >= 0.3 is 0 Å². The van der Waals surface area contributed by atoms with E-state index in [2.05, 4.69) is 146 Å². The average Bonchev–Trinajstić information content (AvgIpc) is 3.45. The molecular formula is C42H26O. The Bertz CT molecular complexity index is 2440. The Morgan fingerprint density at radius 3 is 1.63 bits per heavy atom. The third kappa shape index (κ3) is 3.72. The number of fused-ring (bicyclic) bond motifs is 6. The lowest BCUT2D eigenvalue weighted by Crippen LogP contribution is -1.92. The molecule has 9 rings (SSSR count). The normalized spacial score (nSPS) is 11.7. The maximum absolute atomic E-state index is 6.18. The van der Waals surface area contributed by atoms with Gasteiger partial charge in [-0.3, -0.25) is 0 Å². The monoisotopic (exact) mass is 546 g/mol. The molecule has 0 aliphatic heterocycles. The third-order valence-corrected chi connectivity index (χ3v) is 8.86. The lowest BCUT2D eigenvalue weighted by atomic mass is 9.84. The Hall–Kier alpha value is -5.66. The van der Waals surface area contributed by atoms with Crippen molar-refractivity contribution in [3.63, 3.8) is 0 Å². The second-order valence-corrected chi connectivity index (χ2v) is 11.3. The van der Waals surface area contributed by atoms with E-state index in [0.717, 1.165) is 21.9 Å². The van der Waals surface area contributed by atoms with E-state index in [1.54, 1.807) is 0 Å². The van der Waals surface area contributed by atoms with Gasteiger partial charge in [-0.25, -0.2) is 0 Å². The average molecular weight is 547 g/mol. The van der Waals surface area contributed by atoms with Crippen molar-refractivity contribution in [2.24, 2.45) is 0 Å². The fraction of sp³-hybridized carbons (Fsp3) is 0. The van der Waals surface area contributed by atoms with Crippen LogP contribution < -0.4 is 0 Å². The van der Waals surface area contributed by atoms with E-state index in [-0.39, 0.29) is 0 Å². The van der Waals surface area contributed by atoms with Crippen LogP contribution >= 0.6 is 0 Å². The van der Waals surface area contributed by atoms with Crippen LogP contribution in [0.3, 0.4) is 0 Å². The summed E-state index contributed by atoms with van der Waals surface area (Å²) in [6, 6.07) is 56.9. The molecule has 0 radical (unpaired) electrons. The number of hydrogen-bond acceptors (Lipinski definition) is 1. The summed E-state index contributed by atoms with van der Waals surface area (Å²) >= 11 is 0. The molecule has 0 fully saturated rings. The van der Waals surface area contributed by atoms with E-state index in [1.165, 1.54) is 65.7 Å². The maximum Gasteiger partial charge on any atom is 0.135 e. The zero-order valence-electron chi connectivity index (χ0n) is 23.4. The van der Waals surface area contributed by atoms with Gasteiger partial charge in [0.1, 0.15) is 11.2 Å². The minimum atomic E-state index is 0.917. The van der Waals surface area contributed by atoms with Gasteiger partial charge in [0.25, 0.3) is 0 Å². The number of para-hydroxylation sites is 1. The zero-order valence-corrected chi connectivity index (χ0v) is 23.4. The van der Waals surface area contributed by atoms with Crippen LogP contribution in [-0.4, -0.2) is 0 Å². The van der Waals surface area contributed by atoms with Crippen LogP contribution in [0.15, 0.2) is 162 Å². The van der Waals surface area contributed by atoms with Crippen LogP contribution in [0.5, 0.6) is 0 Å². The molecule has 200 valence electrons. The van der Waals surface area contributed by atoms with Crippen molar-refractivity contribution in [3.05, 3.63) is 158 Å². The quantitative estimate of drug-likeness (QED) is 0.201. The fourth-order valence-electron chi connectivity index (χ4n) is 6.91. The molecule has 1 nitrogen and oxygen atoms in total. The molecule has 0 saturated carbocycles. The second kappa shape index (κ2) is 9.44. The zero-order chi connectivity index (χ0) is 28.3. The summed E-state index contributed by atoms with van der Waals surface area (Å²) < 4.78 is 6.18. The minimum absolute atomic E-state index is 0.917. The maximum atomic E-state index is 6.18. The van der Waals surface area contributed by atoms with E-state index >= 15 is 0 Å². The van der Waals surface area contributed by atoms with Crippen LogP contribution in [0.4, 0.5) is 0 Å². The predicted octanol–water partition coefficient (Wildman–Crippen LogP) is 12.0. The predicted molar refractivity (Wildman–Crippen MR) is 183 cm³/mol. The highest BCUT2D eigenvalue weighted by atomic mass is 16.3. The molecular weight excluding hydrogens is 520 g/mol. The van der Waals surface area contributed by atoms with Crippen LogP contribution in [-0.2, 0) is 0 Å². The molecule has 43 heavy (non-hydrogen) atoms. The van der Waals surface area contributed by atoms with Gasteiger partial charge in [0.05, 0.1) is 0 Å².